The van der Waals surface area contributed by atoms with Gasteiger partial charge in [0.1, 0.15) is 0 Å². The van der Waals surface area contributed by atoms with Crippen LogP contribution >= 0.6 is 11.3 Å². The van der Waals surface area contributed by atoms with Crippen molar-refractivity contribution in [2.24, 2.45) is 7.05 Å². The van der Waals surface area contributed by atoms with Gasteiger partial charge in [0.05, 0.1) is 12.7 Å². The molecule has 0 aromatic carbocycles. The van der Waals surface area contributed by atoms with Crippen molar-refractivity contribution in [3.05, 3.63) is 46.4 Å². The van der Waals surface area contributed by atoms with E-state index in [9.17, 15) is 4.79 Å². The molecule has 5 heteroatoms. The summed E-state index contributed by atoms with van der Waals surface area (Å²) in [7, 11) is 1.87. The first-order valence-electron chi connectivity index (χ1n) is 6.72. The summed E-state index contributed by atoms with van der Waals surface area (Å²) in [6.07, 6.45) is 9.38. The Bertz CT molecular complexity index is 611. The maximum atomic E-state index is 12.3. The molecule has 0 atom stereocenters. The van der Waals surface area contributed by atoms with Crippen molar-refractivity contribution in [2.75, 3.05) is 0 Å². The van der Waals surface area contributed by atoms with Gasteiger partial charge in [-0.05, 0) is 30.4 Å². The minimum Gasteiger partial charge on any atom is -0.331 e. The highest BCUT2D eigenvalue weighted by Gasteiger charge is 2.31. The summed E-state index contributed by atoms with van der Waals surface area (Å²) in [5, 5.41) is 6.14. The SMILES string of the molecule is Cn1cc(C=CC(=O)N(Cc2cccs2)C2CC2)cn1. The lowest BCUT2D eigenvalue weighted by Gasteiger charge is -2.19. The molecule has 0 aliphatic heterocycles. The van der Waals surface area contributed by atoms with Gasteiger partial charge in [0.15, 0.2) is 0 Å². The van der Waals surface area contributed by atoms with Gasteiger partial charge < -0.3 is 4.90 Å². The number of thiophene rings is 1. The molecule has 1 saturated carbocycles. The average molecular weight is 287 g/mol. The molecule has 1 aliphatic rings. The molecule has 104 valence electrons. The first kappa shape index (κ1) is 13.1. The molecule has 2 heterocycles. The number of hydrogen-bond donors (Lipinski definition) is 0. The summed E-state index contributed by atoms with van der Waals surface area (Å²) >= 11 is 1.70. The van der Waals surface area contributed by atoms with Crippen molar-refractivity contribution >= 4 is 23.3 Å². The highest BCUT2D eigenvalue weighted by Crippen LogP contribution is 2.29. The quantitative estimate of drug-likeness (QED) is 0.793. The number of nitrogens with zero attached hydrogens (tertiary/aromatic N) is 3. The van der Waals surface area contributed by atoms with Gasteiger partial charge in [-0.25, -0.2) is 0 Å². The summed E-state index contributed by atoms with van der Waals surface area (Å²) < 4.78 is 1.73. The summed E-state index contributed by atoms with van der Waals surface area (Å²) in [5.74, 6) is 0.0877. The van der Waals surface area contributed by atoms with Gasteiger partial charge in [-0.1, -0.05) is 6.07 Å². The van der Waals surface area contributed by atoms with E-state index in [1.165, 1.54) is 4.88 Å². The summed E-state index contributed by atoms with van der Waals surface area (Å²) in [5.41, 5.74) is 0.952. The van der Waals surface area contributed by atoms with E-state index in [2.05, 4.69) is 16.5 Å². The number of rotatable bonds is 5. The molecule has 2 aromatic heterocycles. The van der Waals surface area contributed by atoms with E-state index in [4.69, 9.17) is 0 Å². The lowest BCUT2D eigenvalue weighted by atomic mass is 10.3. The van der Waals surface area contributed by atoms with Crippen LogP contribution in [0, 0.1) is 0 Å². The van der Waals surface area contributed by atoms with Crippen molar-refractivity contribution < 1.29 is 4.79 Å². The molecule has 0 radical (unpaired) electrons. The smallest absolute Gasteiger partial charge is 0.247 e. The number of amides is 1. The normalized spacial score (nSPS) is 14.8. The van der Waals surface area contributed by atoms with E-state index in [1.54, 1.807) is 28.3 Å². The van der Waals surface area contributed by atoms with Gasteiger partial charge in [-0.15, -0.1) is 11.3 Å². The predicted octanol–water partition coefficient (Wildman–Crippen LogP) is 2.69. The topological polar surface area (TPSA) is 38.1 Å². The highest BCUT2D eigenvalue weighted by atomic mass is 32.1. The van der Waals surface area contributed by atoms with Crippen molar-refractivity contribution in [3.63, 3.8) is 0 Å². The summed E-state index contributed by atoms with van der Waals surface area (Å²) in [4.78, 5) is 15.6. The largest absolute Gasteiger partial charge is 0.331 e. The second kappa shape index (κ2) is 5.63. The van der Waals surface area contributed by atoms with Crippen molar-refractivity contribution in [2.45, 2.75) is 25.4 Å². The Kier molecular flexibility index (Phi) is 3.69. The van der Waals surface area contributed by atoms with Crippen LogP contribution in [0.1, 0.15) is 23.3 Å². The molecule has 2 aromatic rings. The van der Waals surface area contributed by atoms with Crippen LogP contribution in [0.25, 0.3) is 6.08 Å². The Hall–Kier alpha value is -1.88. The highest BCUT2D eigenvalue weighted by molar-refractivity contribution is 7.09. The number of carbonyl (C=O) groups is 1. The van der Waals surface area contributed by atoms with Crippen LogP contribution in [0.15, 0.2) is 36.0 Å². The van der Waals surface area contributed by atoms with Crippen LogP contribution in [-0.2, 0) is 18.4 Å². The Morgan fingerprint density at radius 2 is 2.45 bits per heavy atom. The molecule has 1 fully saturated rings. The zero-order valence-corrected chi connectivity index (χ0v) is 12.2. The van der Waals surface area contributed by atoms with Gasteiger partial charge >= 0.3 is 0 Å². The average Bonchev–Trinajstić information content (AvgIpc) is 2.97. The third-order valence-electron chi connectivity index (χ3n) is 3.32. The van der Waals surface area contributed by atoms with Gasteiger partial charge in [-0.3, -0.25) is 9.48 Å². The molecule has 1 aliphatic carbocycles. The number of aromatic nitrogens is 2. The zero-order chi connectivity index (χ0) is 13.9. The van der Waals surface area contributed by atoms with Crippen molar-refractivity contribution in [1.82, 2.24) is 14.7 Å². The molecule has 0 saturated heterocycles. The lowest BCUT2D eigenvalue weighted by molar-refractivity contribution is -0.127. The molecule has 4 nitrogen and oxygen atoms in total. The van der Waals surface area contributed by atoms with E-state index < -0.39 is 0 Å². The number of hydrogen-bond acceptors (Lipinski definition) is 3. The Morgan fingerprint density at radius 1 is 1.60 bits per heavy atom. The number of aryl methyl sites for hydroxylation is 1. The summed E-state index contributed by atoms with van der Waals surface area (Å²) in [6, 6.07) is 4.53. The van der Waals surface area contributed by atoms with Crippen LogP contribution < -0.4 is 0 Å². The zero-order valence-electron chi connectivity index (χ0n) is 11.4. The fourth-order valence-corrected chi connectivity index (χ4v) is 2.84. The first-order valence-corrected chi connectivity index (χ1v) is 7.60. The van der Waals surface area contributed by atoms with E-state index in [-0.39, 0.29) is 5.91 Å². The fourth-order valence-electron chi connectivity index (χ4n) is 2.13. The van der Waals surface area contributed by atoms with E-state index in [1.807, 2.05) is 30.3 Å². The lowest BCUT2D eigenvalue weighted by Crippen LogP contribution is -2.30. The second-order valence-electron chi connectivity index (χ2n) is 5.06. The maximum Gasteiger partial charge on any atom is 0.247 e. The van der Waals surface area contributed by atoms with Crippen LogP contribution in [-0.4, -0.2) is 26.6 Å². The fraction of sp³-hybridized carbons (Fsp3) is 0.333. The molecular weight excluding hydrogens is 270 g/mol. The molecule has 1 amide bonds. The van der Waals surface area contributed by atoms with E-state index >= 15 is 0 Å². The van der Waals surface area contributed by atoms with E-state index in [0.717, 1.165) is 24.9 Å². The maximum absolute atomic E-state index is 12.3. The molecule has 0 unspecified atom stereocenters. The Labute approximate surface area is 122 Å². The third kappa shape index (κ3) is 3.17. The van der Waals surface area contributed by atoms with Crippen LogP contribution in [0.3, 0.4) is 0 Å². The standard InChI is InChI=1S/C15H17N3OS/c1-17-10-12(9-16-17)4-7-15(19)18(13-5-6-13)11-14-3-2-8-20-14/h2-4,7-10,13H,5-6,11H2,1H3. The molecule has 0 spiro atoms. The van der Waals surface area contributed by atoms with Crippen molar-refractivity contribution in [1.29, 1.82) is 0 Å². The van der Waals surface area contributed by atoms with Crippen LogP contribution in [0.2, 0.25) is 0 Å². The van der Waals surface area contributed by atoms with Crippen LogP contribution in [0.4, 0.5) is 0 Å². The predicted molar refractivity (Wildman–Crippen MR) is 80.1 cm³/mol. The second-order valence-corrected chi connectivity index (χ2v) is 6.09. The molecule has 3 rings (SSSR count). The molecular formula is C15H17N3OS. The monoisotopic (exact) mass is 287 g/mol. The molecule has 20 heavy (non-hydrogen) atoms. The molecule has 0 bridgehead atoms. The Balaban J connectivity index is 1.68. The Morgan fingerprint density at radius 3 is 3.05 bits per heavy atom. The van der Waals surface area contributed by atoms with Gasteiger partial charge in [0, 0.05) is 35.8 Å². The minimum absolute atomic E-state index is 0.0877. The molecule has 0 N–H and O–H groups in total. The van der Waals surface area contributed by atoms with Gasteiger partial charge in [-0.2, -0.15) is 5.10 Å². The minimum atomic E-state index is 0.0877. The van der Waals surface area contributed by atoms with Gasteiger partial charge in [0.2, 0.25) is 5.91 Å². The summed E-state index contributed by atoms with van der Waals surface area (Å²) in [6.45, 7) is 0.721. The van der Waals surface area contributed by atoms with Gasteiger partial charge in [0.25, 0.3) is 0 Å². The van der Waals surface area contributed by atoms with E-state index in [0.29, 0.717) is 6.04 Å². The van der Waals surface area contributed by atoms with Crippen molar-refractivity contribution in [3.8, 4) is 0 Å². The van der Waals surface area contributed by atoms with Crippen LogP contribution in [0.5, 0.6) is 0 Å². The first-order chi connectivity index (χ1) is 9.72. The number of carbonyl (C=O) groups excluding carboxylic acids is 1. The third-order valence-corrected chi connectivity index (χ3v) is 4.18.